The quantitative estimate of drug-likeness (QED) is 0.907. The fourth-order valence-electron chi connectivity index (χ4n) is 2.30. The molecule has 6 heteroatoms. The average molecular weight is 277 g/mol. The lowest BCUT2D eigenvalue weighted by atomic mass is 10.0. The van der Waals surface area contributed by atoms with E-state index in [1.54, 1.807) is 36.4 Å². The maximum Gasteiger partial charge on any atom is 0.407 e. The lowest BCUT2D eigenvalue weighted by Crippen LogP contribution is -2.49. The fourth-order valence-corrected chi connectivity index (χ4v) is 2.30. The van der Waals surface area contributed by atoms with Crippen molar-refractivity contribution in [3.63, 3.8) is 0 Å². The van der Waals surface area contributed by atoms with Crippen molar-refractivity contribution in [1.82, 2.24) is 15.2 Å². The third-order valence-electron chi connectivity index (χ3n) is 3.23. The van der Waals surface area contributed by atoms with Crippen molar-refractivity contribution in [2.45, 2.75) is 25.8 Å². The first-order valence-electron chi connectivity index (χ1n) is 6.83. The van der Waals surface area contributed by atoms with Gasteiger partial charge < -0.3 is 15.0 Å². The SMILES string of the molecule is CCOC(=O)NC1CCCN(C(=O)c2ccncc2)C1. The molecular formula is C14H19N3O3. The van der Waals surface area contributed by atoms with E-state index in [-0.39, 0.29) is 11.9 Å². The summed E-state index contributed by atoms with van der Waals surface area (Å²) in [5, 5.41) is 2.79. The Hall–Kier alpha value is -2.11. The molecule has 108 valence electrons. The maximum atomic E-state index is 12.3. The lowest BCUT2D eigenvalue weighted by molar-refractivity contribution is 0.0686. The molecule has 1 atom stereocenters. The van der Waals surface area contributed by atoms with E-state index in [1.807, 2.05) is 0 Å². The van der Waals surface area contributed by atoms with Crippen LogP contribution >= 0.6 is 0 Å². The number of amides is 2. The van der Waals surface area contributed by atoms with Crippen LogP contribution in [0.1, 0.15) is 30.1 Å². The molecule has 0 saturated carbocycles. The maximum absolute atomic E-state index is 12.3. The molecule has 2 rings (SSSR count). The Labute approximate surface area is 118 Å². The van der Waals surface area contributed by atoms with E-state index in [2.05, 4.69) is 10.3 Å². The Kier molecular flexibility index (Phi) is 4.92. The number of nitrogens with zero attached hydrogens (tertiary/aromatic N) is 2. The van der Waals surface area contributed by atoms with Gasteiger partial charge in [-0.15, -0.1) is 0 Å². The highest BCUT2D eigenvalue weighted by Crippen LogP contribution is 2.13. The molecule has 1 aromatic heterocycles. The van der Waals surface area contributed by atoms with Crippen LogP contribution in [0, 0.1) is 0 Å². The molecule has 0 bridgehead atoms. The number of carbonyl (C=O) groups excluding carboxylic acids is 2. The zero-order valence-corrected chi connectivity index (χ0v) is 11.5. The van der Waals surface area contributed by atoms with Crippen LogP contribution in [0.5, 0.6) is 0 Å². The first-order chi connectivity index (χ1) is 9.70. The van der Waals surface area contributed by atoms with E-state index in [0.29, 0.717) is 25.3 Å². The van der Waals surface area contributed by atoms with Gasteiger partial charge in [-0.1, -0.05) is 0 Å². The number of aromatic nitrogens is 1. The second-order valence-corrected chi connectivity index (χ2v) is 4.69. The third-order valence-corrected chi connectivity index (χ3v) is 3.23. The largest absolute Gasteiger partial charge is 0.450 e. The van der Waals surface area contributed by atoms with Crippen LogP contribution in [0.15, 0.2) is 24.5 Å². The molecule has 1 saturated heterocycles. The van der Waals surface area contributed by atoms with Gasteiger partial charge in [0.2, 0.25) is 0 Å². The number of carbonyl (C=O) groups is 2. The van der Waals surface area contributed by atoms with Crippen LogP contribution in [-0.2, 0) is 4.74 Å². The summed E-state index contributed by atoms with van der Waals surface area (Å²) in [5.74, 6) is -0.0252. The zero-order valence-electron chi connectivity index (χ0n) is 11.5. The molecule has 2 amide bonds. The minimum Gasteiger partial charge on any atom is -0.450 e. The van der Waals surface area contributed by atoms with E-state index in [4.69, 9.17) is 4.74 Å². The number of ether oxygens (including phenoxy) is 1. The van der Waals surface area contributed by atoms with Gasteiger partial charge in [0.05, 0.1) is 6.61 Å². The molecule has 0 aliphatic carbocycles. The summed E-state index contributed by atoms with van der Waals surface area (Å²) in [6.45, 7) is 3.33. The van der Waals surface area contributed by atoms with Gasteiger partial charge in [-0.05, 0) is 31.9 Å². The van der Waals surface area contributed by atoms with Crippen LogP contribution in [0.2, 0.25) is 0 Å². The van der Waals surface area contributed by atoms with Crippen molar-refractivity contribution >= 4 is 12.0 Å². The van der Waals surface area contributed by atoms with E-state index >= 15 is 0 Å². The molecule has 0 radical (unpaired) electrons. The number of rotatable bonds is 3. The number of hydrogen-bond acceptors (Lipinski definition) is 4. The van der Waals surface area contributed by atoms with Crippen molar-refractivity contribution in [2.24, 2.45) is 0 Å². The highest BCUT2D eigenvalue weighted by molar-refractivity contribution is 5.94. The highest BCUT2D eigenvalue weighted by Gasteiger charge is 2.25. The van der Waals surface area contributed by atoms with Gasteiger partial charge in [0.1, 0.15) is 0 Å². The summed E-state index contributed by atoms with van der Waals surface area (Å²) in [6, 6.07) is 3.35. The molecular weight excluding hydrogens is 258 g/mol. The van der Waals surface area contributed by atoms with Crippen LogP contribution in [-0.4, -0.2) is 47.6 Å². The lowest BCUT2D eigenvalue weighted by Gasteiger charge is -2.33. The molecule has 1 aromatic rings. The Morgan fingerprint density at radius 3 is 2.90 bits per heavy atom. The number of alkyl carbamates (subject to hydrolysis) is 1. The van der Waals surface area contributed by atoms with E-state index in [0.717, 1.165) is 12.8 Å². The summed E-state index contributed by atoms with van der Waals surface area (Å²) in [7, 11) is 0. The third kappa shape index (κ3) is 3.69. The van der Waals surface area contributed by atoms with Gasteiger partial charge in [0.15, 0.2) is 0 Å². The average Bonchev–Trinajstić information content (AvgIpc) is 2.48. The normalized spacial score (nSPS) is 18.4. The number of pyridine rings is 1. The van der Waals surface area contributed by atoms with Gasteiger partial charge >= 0.3 is 6.09 Å². The predicted octanol–water partition coefficient (Wildman–Crippen LogP) is 1.43. The van der Waals surface area contributed by atoms with Crippen LogP contribution < -0.4 is 5.32 Å². The summed E-state index contributed by atoms with van der Waals surface area (Å²) >= 11 is 0. The van der Waals surface area contributed by atoms with Gasteiger partial charge in [-0.3, -0.25) is 9.78 Å². The molecule has 0 aromatic carbocycles. The van der Waals surface area contributed by atoms with E-state index < -0.39 is 6.09 Å². The summed E-state index contributed by atoms with van der Waals surface area (Å²) in [4.78, 5) is 29.4. The van der Waals surface area contributed by atoms with Crippen molar-refractivity contribution in [2.75, 3.05) is 19.7 Å². The molecule has 1 aliphatic rings. The number of hydrogen-bond donors (Lipinski definition) is 1. The number of likely N-dealkylation sites (tertiary alicyclic amines) is 1. The zero-order chi connectivity index (χ0) is 14.4. The van der Waals surface area contributed by atoms with Crippen molar-refractivity contribution in [3.8, 4) is 0 Å². The van der Waals surface area contributed by atoms with Gasteiger partial charge in [0.25, 0.3) is 5.91 Å². The van der Waals surface area contributed by atoms with Crippen LogP contribution in [0.25, 0.3) is 0 Å². The van der Waals surface area contributed by atoms with Crippen LogP contribution in [0.3, 0.4) is 0 Å². The van der Waals surface area contributed by atoms with Gasteiger partial charge in [-0.25, -0.2) is 4.79 Å². The Morgan fingerprint density at radius 2 is 2.20 bits per heavy atom. The molecule has 1 unspecified atom stereocenters. The number of nitrogens with one attached hydrogen (secondary N) is 1. The predicted molar refractivity (Wildman–Crippen MR) is 73.3 cm³/mol. The molecule has 1 N–H and O–H groups in total. The monoisotopic (exact) mass is 277 g/mol. The first kappa shape index (κ1) is 14.3. The minimum absolute atomic E-state index is 0.0252. The Morgan fingerprint density at radius 1 is 1.45 bits per heavy atom. The van der Waals surface area contributed by atoms with Crippen molar-refractivity contribution in [3.05, 3.63) is 30.1 Å². The second-order valence-electron chi connectivity index (χ2n) is 4.69. The van der Waals surface area contributed by atoms with E-state index in [1.165, 1.54) is 0 Å². The number of piperidine rings is 1. The molecule has 1 fully saturated rings. The summed E-state index contributed by atoms with van der Waals surface area (Å²) in [6.07, 6.45) is 4.51. The van der Waals surface area contributed by atoms with Gasteiger partial charge in [0, 0.05) is 37.1 Å². The minimum atomic E-state index is -0.421. The Balaban J connectivity index is 1.93. The highest BCUT2D eigenvalue weighted by atomic mass is 16.5. The molecule has 20 heavy (non-hydrogen) atoms. The second kappa shape index (κ2) is 6.88. The molecule has 2 heterocycles. The summed E-state index contributed by atoms with van der Waals surface area (Å²) in [5.41, 5.74) is 0.622. The first-order valence-corrected chi connectivity index (χ1v) is 6.83. The topological polar surface area (TPSA) is 71.5 Å². The van der Waals surface area contributed by atoms with Crippen molar-refractivity contribution in [1.29, 1.82) is 0 Å². The molecule has 1 aliphatic heterocycles. The molecule has 6 nitrogen and oxygen atoms in total. The Bertz CT molecular complexity index is 464. The molecule has 0 spiro atoms. The smallest absolute Gasteiger partial charge is 0.407 e. The van der Waals surface area contributed by atoms with Gasteiger partial charge in [-0.2, -0.15) is 0 Å². The van der Waals surface area contributed by atoms with E-state index in [9.17, 15) is 9.59 Å². The summed E-state index contributed by atoms with van der Waals surface area (Å²) < 4.78 is 4.86. The fraction of sp³-hybridized carbons (Fsp3) is 0.500. The van der Waals surface area contributed by atoms with Crippen LogP contribution in [0.4, 0.5) is 4.79 Å². The standard InChI is InChI=1S/C14H19N3O3/c1-2-20-14(19)16-12-4-3-9-17(10-12)13(18)11-5-7-15-8-6-11/h5-8,12H,2-4,9-10H2,1H3,(H,16,19). The van der Waals surface area contributed by atoms with Crippen molar-refractivity contribution < 1.29 is 14.3 Å².